The Morgan fingerprint density at radius 1 is 0.955 bits per heavy atom. The molecule has 0 fully saturated rings. The summed E-state index contributed by atoms with van der Waals surface area (Å²) in [5, 5.41) is 5.88. The molecular formula is C34H36ClN3O6. The molecule has 230 valence electrons. The second kappa shape index (κ2) is 16.3. The van der Waals surface area contributed by atoms with E-state index in [4.69, 9.17) is 21.1 Å². The SMILES string of the molecule is COC(=O)C1CCC(=O)N(CCc2ccccc2)CC=CCOc2cc(Cl)ccc2C(=O)NC(Cc2ccccc2)C(=O)N1. The minimum atomic E-state index is -1.09. The number of nitrogens with zero attached hydrogens (tertiary/aromatic N) is 1. The van der Waals surface area contributed by atoms with Gasteiger partial charge in [0, 0.05) is 31.0 Å². The number of halogens is 1. The number of hydrogen-bond acceptors (Lipinski definition) is 6. The van der Waals surface area contributed by atoms with Gasteiger partial charge in [0.15, 0.2) is 0 Å². The summed E-state index contributed by atoms with van der Waals surface area (Å²) in [6, 6.07) is 21.5. The Morgan fingerprint density at radius 3 is 2.36 bits per heavy atom. The molecule has 2 unspecified atom stereocenters. The number of esters is 1. The van der Waals surface area contributed by atoms with Gasteiger partial charge < -0.3 is 25.0 Å². The topological polar surface area (TPSA) is 114 Å². The third-order valence-electron chi connectivity index (χ3n) is 7.24. The minimum absolute atomic E-state index is 0.00116. The van der Waals surface area contributed by atoms with Crippen LogP contribution in [-0.4, -0.2) is 67.5 Å². The molecule has 1 heterocycles. The zero-order valence-electron chi connectivity index (χ0n) is 24.5. The lowest BCUT2D eigenvalue weighted by atomic mass is 10.0. The molecule has 0 radical (unpaired) electrons. The van der Waals surface area contributed by atoms with E-state index in [0.29, 0.717) is 24.5 Å². The summed E-state index contributed by atoms with van der Waals surface area (Å²) in [7, 11) is 1.22. The van der Waals surface area contributed by atoms with Gasteiger partial charge in [0.1, 0.15) is 24.4 Å². The lowest BCUT2D eigenvalue weighted by Gasteiger charge is -2.24. The Morgan fingerprint density at radius 2 is 1.66 bits per heavy atom. The summed E-state index contributed by atoms with van der Waals surface area (Å²) < 4.78 is 10.9. The first-order valence-electron chi connectivity index (χ1n) is 14.5. The Bertz CT molecular complexity index is 1460. The normalized spacial score (nSPS) is 18.3. The number of methoxy groups -OCH3 is 1. The van der Waals surface area contributed by atoms with E-state index in [1.54, 1.807) is 17.0 Å². The molecule has 2 N–H and O–H groups in total. The molecule has 0 aliphatic carbocycles. The monoisotopic (exact) mass is 617 g/mol. The average molecular weight is 618 g/mol. The Kier molecular flexibility index (Phi) is 11.9. The van der Waals surface area contributed by atoms with Crippen LogP contribution in [0.5, 0.6) is 5.75 Å². The molecule has 3 aromatic rings. The highest BCUT2D eigenvalue weighted by Crippen LogP contribution is 2.24. The molecule has 0 bridgehead atoms. The molecule has 9 nitrogen and oxygen atoms in total. The van der Waals surface area contributed by atoms with Gasteiger partial charge in [-0.25, -0.2) is 4.79 Å². The summed E-state index contributed by atoms with van der Waals surface area (Å²) in [5.41, 5.74) is 2.09. The van der Waals surface area contributed by atoms with E-state index in [-0.39, 0.29) is 43.1 Å². The van der Waals surface area contributed by atoms with Crippen LogP contribution in [0.3, 0.4) is 0 Å². The van der Waals surface area contributed by atoms with Crippen molar-refractivity contribution in [2.45, 2.75) is 37.8 Å². The largest absolute Gasteiger partial charge is 0.489 e. The van der Waals surface area contributed by atoms with Gasteiger partial charge in [0.05, 0.1) is 12.7 Å². The van der Waals surface area contributed by atoms with Crippen LogP contribution in [0.1, 0.15) is 34.3 Å². The minimum Gasteiger partial charge on any atom is -0.489 e. The number of amides is 3. The van der Waals surface area contributed by atoms with Crippen LogP contribution in [-0.2, 0) is 32.0 Å². The number of fused-ring (bicyclic) bond motifs is 1. The van der Waals surface area contributed by atoms with Gasteiger partial charge in [0.25, 0.3) is 5.91 Å². The molecule has 10 heteroatoms. The van der Waals surface area contributed by atoms with Gasteiger partial charge in [-0.1, -0.05) is 78.3 Å². The smallest absolute Gasteiger partial charge is 0.328 e. The van der Waals surface area contributed by atoms with Crippen LogP contribution in [0, 0.1) is 0 Å². The second-order valence-corrected chi connectivity index (χ2v) is 10.8. The lowest BCUT2D eigenvalue weighted by Crippen LogP contribution is -2.53. The van der Waals surface area contributed by atoms with Gasteiger partial charge in [0.2, 0.25) is 11.8 Å². The number of benzene rings is 3. The van der Waals surface area contributed by atoms with Gasteiger partial charge in [-0.3, -0.25) is 14.4 Å². The van der Waals surface area contributed by atoms with Gasteiger partial charge in [-0.2, -0.15) is 0 Å². The van der Waals surface area contributed by atoms with Crippen molar-refractivity contribution in [2.24, 2.45) is 0 Å². The van der Waals surface area contributed by atoms with Gasteiger partial charge in [-0.15, -0.1) is 0 Å². The molecule has 2 atom stereocenters. The van der Waals surface area contributed by atoms with Crippen molar-refractivity contribution in [1.82, 2.24) is 15.5 Å². The fourth-order valence-electron chi connectivity index (χ4n) is 4.82. The predicted molar refractivity (Wildman–Crippen MR) is 167 cm³/mol. The van der Waals surface area contributed by atoms with E-state index in [0.717, 1.165) is 11.1 Å². The van der Waals surface area contributed by atoms with Crippen molar-refractivity contribution < 1.29 is 28.7 Å². The van der Waals surface area contributed by atoms with E-state index >= 15 is 0 Å². The van der Waals surface area contributed by atoms with Crippen LogP contribution in [0.25, 0.3) is 0 Å². The lowest BCUT2D eigenvalue weighted by molar-refractivity contribution is -0.145. The molecule has 0 spiro atoms. The summed E-state index contributed by atoms with van der Waals surface area (Å²) in [4.78, 5) is 54.9. The summed E-state index contributed by atoms with van der Waals surface area (Å²) in [5.74, 6) is -1.75. The van der Waals surface area contributed by atoms with Crippen molar-refractivity contribution in [2.75, 3.05) is 26.8 Å². The van der Waals surface area contributed by atoms with Crippen molar-refractivity contribution in [3.8, 4) is 5.75 Å². The van der Waals surface area contributed by atoms with Crippen molar-refractivity contribution in [3.63, 3.8) is 0 Å². The first-order chi connectivity index (χ1) is 21.3. The molecule has 4 rings (SSSR count). The predicted octanol–water partition coefficient (Wildman–Crippen LogP) is 4.14. The number of carbonyl (C=O) groups excluding carboxylic acids is 4. The fraction of sp³-hybridized carbons (Fsp3) is 0.294. The number of hydrogen-bond donors (Lipinski definition) is 2. The van der Waals surface area contributed by atoms with E-state index in [1.165, 1.54) is 19.2 Å². The van der Waals surface area contributed by atoms with E-state index in [2.05, 4.69) is 10.6 Å². The maximum Gasteiger partial charge on any atom is 0.328 e. The summed E-state index contributed by atoms with van der Waals surface area (Å²) >= 11 is 6.21. The van der Waals surface area contributed by atoms with Crippen LogP contribution in [0.15, 0.2) is 91.0 Å². The van der Waals surface area contributed by atoms with E-state index < -0.39 is 29.9 Å². The zero-order valence-corrected chi connectivity index (χ0v) is 25.3. The third-order valence-corrected chi connectivity index (χ3v) is 7.47. The molecule has 0 saturated heterocycles. The Hall–Kier alpha value is -4.63. The van der Waals surface area contributed by atoms with Crippen molar-refractivity contribution >= 4 is 35.3 Å². The maximum absolute atomic E-state index is 13.6. The molecule has 1 aliphatic rings. The molecule has 0 saturated carbocycles. The molecule has 0 aromatic heterocycles. The molecule has 3 aromatic carbocycles. The summed E-state index contributed by atoms with van der Waals surface area (Å²) in [6.07, 6.45) is 4.42. The van der Waals surface area contributed by atoms with Crippen LogP contribution >= 0.6 is 11.6 Å². The highest BCUT2D eigenvalue weighted by Gasteiger charge is 2.29. The van der Waals surface area contributed by atoms with Crippen LogP contribution in [0.2, 0.25) is 5.02 Å². The number of ether oxygens (including phenoxy) is 2. The highest BCUT2D eigenvalue weighted by molar-refractivity contribution is 6.30. The third kappa shape index (κ3) is 9.44. The van der Waals surface area contributed by atoms with Crippen LogP contribution in [0.4, 0.5) is 0 Å². The summed E-state index contributed by atoms with van der Waals surface area (Å²) in [6.45, 7) is 0.894. The quantitative estimate of drug-likeness (QED) is 0.318. The van der Waals surface area contributed by atoms with Crippen molar-refractivity contribution in [1.29, 1.82) is 0 Å². The first-order valence-corrected chi connectivity index (χ1v) is 14.8. The number of nitrogens with one attached hydrogen (secondary N) is 2. The standard InChI is InChI=1S/C34H36ClN3O6/c1-43-34(42)28-16-17-31(39)38(20-18-24-10-4-2-5-11-24)19-8-9-21-44-30-23-26(35)14-15-27(30)32(40)37-29(33(41)36-28)22-25-12-6-3-7-13-25/h2-15,23,28-29H,16-22H2,1H3,(H,36,41)(H,37,40). The molecule has 44 heavy (non-hydrogen) atoms. The van der Waals surface area contributed by atoms with Gasteiger partial charge in [-0.05, 0) is 48.2 Å². The molecular weight excluding hydrogens is 582 g/mol. The average Bonchev–Trinajstić information content (AvgIpc) is 3.04. The first kappa shape index (κ1) is 32.3. The Labute approximate surface area is 262 Å². The molecule has 1 aliphatic heterocycles. The zero-order chi connectivity index (χ0) is 31.3. The van der Waals surface area contributed by atoms with E-state index in [1.807, 2.05) is 66.7 Å². The van der Waals surface area contributed by atoms with E-state index in [9.17, 15) is 19.2 Å². The Balaban J connectivity index is 1.63. The highest BCUT2D eigenvalue weighted by atomic mass is 35.5. The molecule has 3 amide bonds. The fourth-order valence-corrected chi connectivity index (χ4v) is 4.98. The second-order valence-electron chi connectivity index (χ2n) is 10.3. The van der Waals surface area contributed by atoms with Crippen molar-refractivity contribution in [3.05, 3.63) is 113 Å². The number of rotatable bonds is 6. The van der Waals surface area contributed by atoms with Gasteiger partial charge >= 0.3 is 5.97 Å². The maximum atomic E-state index is 13.6. The van der Waals surface area contributed by atoms with Crippen LogP contribution < -0.4 is 15.4 Å². The number of carbonyl (C=O) groups is 4.